The van der Waals surface area contributed by atoms with Crippen LogP contribution in [0.25, 0.3) is 3.58 Å². The van der Waals surface area contributed by atoms with Gasteiger partial charge in [-0.2, -0.15) is 0 Å². The van der Waals surface area contributed by atoms with E-state index in [0.717, 1.165) is 5.33 Å². The molecule has 0 aliphatic heterocycles. The van der Waals surface area contributed by atoms with Crippen LogP contribution < -0.4 is 0 Å². The Morgan fingerprint density at radius 1 is 1.27 bits per heavy atom. The molecular weight excluding hydrogens is 363 g/mol. The third-order valence-corrected chi connectivity index (χ3v) is 3.67. The predicted octanol–water partition coefficient (Wildman–Crippen LogP) is 5.15. The van der Waals surface area contributed by atoms with E-state index in [2.05, 4.69) is 89.6 Å². The van der Waals surface area contributed by atoms with E-state index in [1.165, 1.54) is 14.7 Å². The molecule has 0 heterocycles. The van der Waals surface area contributed by atoms with Crippen molar-refractivity contribution in [2.75, 3.05) is 5.33 Å². The highest BCUT2D eigenvalue weighted by molar-refractivity contribution is 14.1. The Morgan fingerprint density at radius 3 is 2.20 bits per heavy atom. The molecule has 15 heavy (non-hydrogen) atoms. The first-order valence-electron chi connectivity index (χ1n) is 4.97. The van der Waals surface area contributed by atoms with Gasteiger partial charge in [0.15, 0.2) is 0 Å². The lowest BCUT2D eigenvalue weighted by molar-refractivity contribution is 0.590. The molecule has 0 amide bonds. The second kappa shape index (κ2) is 5.48. The van der Waals surface area contributed by atoms with Gasteiger partial charge in [-0.1, -0.05) is 67.0 Å². The minimum Gasteiger partial charge on any atom is -0.0882 e. The van der Waals surface area contributed by atoms with E-state index in [0.29, 0.717) is 0 Å². The third kappa shape index (κ3) is 3.91. The second-order valence-electron chi connectivity index (χ2n) is 4.53. The van der Waals surface area contributed by atoms with Crippen LogP contribution in [0.4, 0.5) is 0 Å². The summed E-state index contributed by atoms with van der Waals surface area (Å²) in [5.74, 6) is 0. The molecule has 0 N–H and O–H groups in total. The lowest BCUT2D eigenvalue weighted by atomic mass is 9.87. The highest BCUT2D eigenvalue weighted by atomic mass is 127. The van der Waals surface area contributed by atoms with Crippen molar-refractivity contribution >= 4 is 42.1 Å². The summed E-state index contributed by atoms with van der Waals surface area (Å²) >= 11 is 5.78. The van der Waals surface area contributed by atoms with Gasteiger partial charge in [0.2, 0.25) is 0 Å². The molecule has 0 atom stereocenters. The molecular formula is C13H16BrI. The quantitative estimate of drug-likeness (QED) is 0.492. The topological polar surface area (TPSA) is 0 Å². The zero-order valence-electron chi connectivity index (χ0n) is 9.35. The van der Waals surface area contributed by atoms with Crippen molar-refractivity contribution in [1.82, 2.24) is 0 Å². The predicted molar refractivity (Wildman–Crippen MR) is 80.9 cm³/mol. The van der Waals surface area contributed by atoms with E-state index in [9.17, 15) is 0 Å². The van der Waals surface area contributed by atoms with Crippen LogP contribution in [0.3, 0.4) is 0 Å². The fourth-order valence-corrected chi connectivity index (χ4v) is 2.82. The van der Waals surface area contributed by atoms with Gasteiger partial charge < -0.3 is 0 Å². The lowest BCUT2D eigenvalue weighted by Crippen LogP contribution is -2.10. The Labute approximate surface area is 114 Å². The molecule has 0 aliphatic carbocycles. The van der Waals surface area contributed by atoms with Gasteiger partial charge in [0.1, 0.15) is 0 Å². The molecule has 0 radical (unpaired) electrons. The van der Waals surface area contributed by atoms with E-state index >= 15 is 0 Å². The maximum Gasteiger partial charge on any atom is 0.0225 e. The first kappa shape index (κ1) is 13.2. The molecule has 1 rings (SSSR count). The number of halogens is 2. The van der Waals surface area contributed by atoms with Crippen molar-refractivity contribution in [3.63, 3.8) is 0 Å². The summed E-state index contributed by atoms with van der Waals surface area (Å²) < 4.78 is 1.30. The molecule has 0 aromatic heterocycles. The molecule has 0 bridgehead atoms. The summed E-state index contributed by atoms with van der Waals surface area (Å²) in [6, 6.07) is 8.83. The SMILES string of the molecule is CC(C)(C)c1ccc(/C(I)=C/CBr)cc1. The summed E-state index contributed by atoms with van der Waals surface area (Å²) in [4.78, 5) is 0. The summed E-state index contributed by atoms with van der Waals surface area (Å²) in [7, 11) is 0. The molecule has 0 spiro atoms. The van der Waals surface area contributed by atoms with E-state index in [1.54, 1.807) is 0 Å². The monoisotopic (exact) mass is 378 g/mol. The van der Waals surface area contributed by atoms with Crippen LogP contribution in [0, 0.1) is 0 Å². The van der Waals surface area contributed by atoms with E-state index in [4.69, 9.17) is 0 Å². The average molecular weight is 379 g/mol. The zero-order chi connectivity index (χ0) is 11.5. The largest absolute Gasteiger partial charge is 0.0882 e. The molecule has 2 heteroatoms. The molecule has 1 aromatic carbocycles. The highest BCUT2D eigenvalue weighted by Gasteiger charge is 2.12. The maximum atomic E-state index is 3.41. The van der Waals surface area contributed by atoms with Gasteiger partial charge >= 0.3 is 0 Å². The molecule has 82 valence electrons. The number of rotatable bonds is 2. The van der Waals surface area contributed by atoms with Crippen LogP contribution in [0.15, 0.2) is 30.3 Å². The molecule has 0 unspecified atom stereocenters. The van der Waals surface area contributed by atoms with Crippen molar-refractivity contribution in [3.05, 3.63) is 41.5 Å². The van der Waals surface area contributed by atoms with Crippen LogP contribution in [-0.4, -0.2) is 5.33 Å². The van der Waals surface area contributed by atoms with Crippen LogP contribution in [0.5, 0.6) is 0 Å². The van der Waals surface area contributed by atoms with E-state index in [1.807, 2.05) is 0 Å². The smallest absolute Gasteiger partial charge is 0.0225 e. The zero-order valence-corrected chi connectivity index (χ0v) is 13.1. The molecule has 0 saturated heterocycles. The third-order valence-electron chi connectivity index (χ3n) is 2.28. The standard InChI is InChI=1S/C13H16BrI/c1-13(2,3)11-6-4-10(5-7-11)12(15)8-9-14/h4-8H,9H2,1-3H3/b12-8-. The van der Waals surface area contributed by atoms with E-state index in [-0.39, 0.29) is 5.41 Å². The van der Waals surface area contributed by atoms with Crippen LogP contribution in [0.1, 0.15) is 31.9 Å². The van der Waals surface area contributed by atoms with Crippen LogP contribution in [0.2, 0.25) is 0 Å². The number of hydrogen-bond acceptors (Lipinski definition) is 0. The number of benzene rings is 1. The minimum absolute atomic E-state index is 0.239. The molecule has 0 saturated carbocycles. The van der Waals surface area contributed by atoms with Gasteiger partial charge in [-0.15, -0.1) is 0 Å². The lowest BCUT2D eigenvalue weighted by Gasteiger charge is -2.19. The van der Waals surface area contributed by atoms with E-state index < -0.39 is 0 Å². The Kier molecular flexibility index (Phi) is 4.84. The van der Waals surface area contributed by atoms with Crippen LogP contribution in [-0.2, 0) is 5.41 Å². The normalized spacial score (nSPS) is 13.0. The Bertz CT molecular complexity index is 344. The summed E-state index contributed by atoms with van der Waals surface area (Å²) in [5.41, 5.74) is 2.92. The first-order chi connectivity index (χ1) is 6.95. The van der Waals surface area contributed by atoms with Gasteiger partial charge in [0, 0.05) is 8.91 Å². The summed E-state index contributed by atoms with van der Waals surface area (Å²) in [6.45, 7) is 6.71. The maximum absolute atomic E-state index is 3.41. The van der Waals surface area contributed by atoms with Crippen molar-refractivity contribution in [1.29, 1.82) is 0 Å². The van der Waals surface area contributed by atoms with Gasteiger partial charge in [-0.25, -0.2) is 0 Å². The average Bonchev–Trinajstić information content (AvgIpc) is 2.17. The summed E-state index contributed by atoms with van der Waals surface area (Å²) in [5, 5.41) is 0.909. The number of hydrogen-bond donors (Lipinski definition) is 0. The van der Waals surface area contributed by atoms with Crippen molar-refractivity contribution in [2.24, 2.45) is 0 Å². The first-order valence-corrected chi connectivity index (χ1v) is 7.17. The van der Waals surface area contributed by atoms with Gasteiger partial charge in [-0.3, -0.25) is 0 Å². The van der Waals surface area contributed by atoms with Crippen LogP contribution >= 0.6 is 38.5 Å². The second-order valence-corrected chi connectivity index (χ2v) is 6.34. The van der Waals surface area contributed by atoms with Gasteiger partial charge in [0.25, 0.3) is 0 Å². The molecule has 0 fully saturated rings. The Hall–Kier alpha value is 0.170. The molecule has 1 aromatic rings. The summed E-state index contributed by atoms with van der Waals surface area (Å²) in [6.07, 6.45) is 2.17. The fourth-order valence-electron chi connectivity index (χ4n) is 1.32. The molecule has 0 aliphatic rings. The fraction of sp³-hybridized carbons (Fsp3) is 0.385. The minimum atomic E-state index is 0.239. The van der Waals surface area contributed by atoms with Crippen molar-refractivity contribution < 1.29 is 0 Å². The van der Waals surface area contributed by atoms with Gasteiger partial charge in [-0.05, 0) is 39.1 Å². The van der Waals surface area contributed by atoms with Crippen molar-refractivity contribution in [3.8, 4) is 0 Å². The number of allylic oxidation sites excluding steroid dienone is 1. The van der Waals surface area contributed by atoms with Crippen molar-refractivity contribution in [2.45, 2.75) is 26.2 Å². The van der Waals surface area contributed by atoms with Gasteiger partial charge in [0.05, 0.1) is 0 Å². The molecule has 0 nitrogen and oxygen atoms in total. The Morgan fingerprint density at radius 2 is 1.80 bits per heavy atom. The number of alkyl halides is 1. The highest BCUT2D eigenvalue weighted by Crippen LogP contribution is 2.26. The Balaban J connectivity index is 2.96.